The van der Waals surface area contributed by atoms with Gasteiger partial charge in [0.1, 0.15) is 0 Å². The van der Waals surface area contributed by atoms with Crippen molar-refractivity contribution in [1.29, 1.82) is 0 Å². The number of aromatic nitrogens is 2. The van der Waals surface area contributed by atoms with Gasteiger partial charge in [-0.15, -0.1) is 0 Å². The Bertz CT molecular complexity index is 470. The Balaban J connectivity index is 1.82. The fraction of sp³-hybridized carbons (Fsp3) is 0.667. The van der Waals surface area contributed by atoms with Gasteiger partial charge in [-0.25, -0.2) is 9.97 Å². The molecule has 1 aromatic rings. The van der Waals surface area contributed by atoms with Gasteiger partial charge >= 0.3 is 0 Å². The summed E-state index contributed by atoms with van der Waals surface area (Å²) >= 11 is 0. The van der Waals surface area contributed by atoms with E-state index >= 15 is 0 Å². The lowest BCUT2D eigenvalue weighted by molar-refractivity contribution is -0.142. The summed E-state index contributed by atoms with van der Waals surface area (Å²) in [4.78, 5) is 23.5. The summed E-state index contributed by atoms with van der Waals surface area (Å²) in [6.07, 6.45) is 8.42. The number of carbonyl (C=O) groups is 1. The first-order valence-corrected chi connectivity index (χ1v) is 7.36. The number of likely N-dealkylation sites (tertiary alicyclic amines) is 1. The summed E-state index contributed by atoms with van der Waals surface area (Å²) in [6, 6.07) is 2.01. The Labute approximate surface area is 114 Å². The number of hydrogen-bond acceptors (Lipinski definition) is 3. The number of nitrogens with zero attached hydrogens (tertiary/aromatic N) is 3. The van der Waals surface area contributed by atoms with E-state index in [9.17, 15) is 4.79 Å². The minimum absolute atomic E-state index is 0.0988. The highest BCUT2D eigenvalue weighted by Gasteiger charge is 2.35. The molecule has 1 atom stereocenters. The molecule has 1 aliphatic heterocycles. The highest BCUT2D eigenvalue weighted by Crippen LogP contribution is 2.35. The van der Waals surface area contributed by atoms with Gasteiger partial charge in [0.25, 0.3) is 0 Å². The molecule has 102 valence electrons. The molecule has 4 nitrogen and oxygen atoms in total. The zero-order valence-electron chi connectivity index (χ0n) is 11.5. The maximum atomic E-state index is 12.5. The van der Waals surface area contributed by atoms with Gasteiger partial charge < -0.3 is 4.90 Å². The van der Waals surface area contributed by atoms with E-state index in [0.29, 0.717) is 5.91 Å². The fourth-order valence-electron chi connectivity index (χ4n) is 2.98. The molecule has 19 heavy (non-hydrogen) atoms. The van der Waals surface area contributed by atoms with E-state index in [4.69, 9.17) is 0 Å². The molecule has 0 bridgehead atoms. The van der Waals surface area contributed by atoms with E-state index < -0.39 is 0 Å². The van der Waals surface area contributed by atoms with E-state index in [1.54, 1.807) is 6.20 Å². The van der Waals surface area contributed by atoms with Crippen LogP contribution in [0.25, 0.3) is 0 Å². The number of aryl methyl sites for hydroxylation is 1. The second-order valence-corrected chi connectivity index (χ2v) is 5.73. The van der Waals surface area contributed by atoms with E-state index in [0.717, 1.165) is 50.2 Å². The first-order valence-electron chi connectivity index (χ1n) is 7.36. The Morgan fingerprint density at radius 2 is 2.11 bits per heavy atom. The minimum Gasteiger partial charge on any atom is -0.332 e. The van der Waals surface area contributed by atoms with Gasteiger partial charge in [0.05, 0.1) is 6.04 Å². The third-order valence-corrected chi connectivity index (χ3v) is 4.35. The van der Waals surface area contributed by atoms with Crippen molar-refractivity contribution in [2.75, 3.05) is 6.54 Å². The van der Waals surface area contributed by atoms with Gasteiger partial charge in [-0.05, 0) is 45.1 Å². The maximum absolute atomic E-state index is 12.5. The fourth-order valence-corrected chi connectivity index (χ4v) is 2.98. The molecule has 3 rings (SSSR count). The highest BCUT2D eigenvalue weighted by atomic mass is 16.2. The molecule has 4 heteroatoms. The van der Waals surface area contributed by atoms with Crippen LogP contribution in [-0.2, 0) is 4.79 Å². The van der Waals surface area contributed by atoms with Crippen LogP contribution in [0.2, 0.25) is 0 Å². The molecule has 0 radical (unpaired) electrons. The molecule has 0 spiro atoms. The molecule has 1 unspecified atom stereocenters. The zero-order valence-corrected chi connectivity index (χ0v) is 11.5. The van der Waals surface area contributed by atoms with Gasteiger partial charge in [-0.2, -0.15) is 0 Å². The summed E-state index contributed by atoms with van der Waals surface area (Å²) in [5.74, 6) is 1.43. The molecular weight excluding hydrogens is 238 g/mol. The van der Waals surface area contributed by atoms with Crippen molar-refractivity contribution in [1.82, 2.24) is 14.9 Å². The Morgan fingerprint density at radius 3 is 2.79 bits per heavy atom. The molecule has 2 fully saturated rings. The van der Waals surface area contributed by atoms with Crippen molar-refractivity contribution in [3.8, 4) is 0 Å². The molecule has 1 aliphatic carbocycles. The summed E-state index contributed by atoms with van der Waals surface area (Å²) in [7, 11) is 0. The van der Waals surface area contributed by atoms with Crippen molar-refractivity contribution >= 4 is 5.91 Å². The van der Waals surface area contributed by atoms with Gasteiger partial charge in [-0.1, -0.05) is 6.42 Å². The number of amides is 1. The quantitative estimate of drug-likeness (QED) is 0.820. The van der Waals surface area contributed by atoms with E-state index in [1.807, 2.05) is 17.9 Å². The average Bonchev–Trinajstić information content (AvgIpc) is 2.37. The van der Waals surface area contributed by atoms with E-state index in [-0.39, 0.29) is 12.0 Å². The lowest BCUT2D eigenvalue weighted by atomic mass is 9.83. The smallest absolute Gasteiger partial charge is 0.226 e. The van der Waals surface area contributed by atoms with Crippen molar-refractivity contribution in [2.24, 2.45) is 5.92 Å². The molecule has 1 amide bonds. The number of carbonyl (C=O) groups excluding carboxylic acids is 1. The molecule has 2 heterocycles. The van der Waals surface area contributed by atoms with Crippen LogP contribution in [0.4, 0.5) is 0 Å². The van der Waals surface area contributed by atoms with Gasteiger partial charge in [0.15, 0.2) is 5.82 Å². The van der Waals surface area contributed by atoms with Crippen LogP contribution >= 0.6 is 0 Å². The molecule has 1 saturated carbocycles. The van der Waals surface area contributed by atoms with Crippen LogP contribution in [0.3, 0.4) is 0 Å². The number of piperidine rings is 1. The Kier molecular flexibility index (Phi) is 3.49. The van der Waals surface area contributed by atoms with Crippen molar-refractivity contribution in [3.63, 3.8) is 0 Å². The minimum atomic E-state index is 0.0988. The van der Waals surface area contributed by atoms with Crippen LogP contribution in [0.15, 0.2) is 12.3 Å². The van der Waals surface area contributed by atoms with Gasteiger partial charge in [0.2, 0.25) is 5.91 Å². The maximum Gasteiger partial charge on any atom is 0.226 e. The molecule has 0 aromatic carbocycles. The van der Waals surface area contributed by atoms with E-state index in [1.165, 1.54) is 6.42 Å². The molecule has 1 aromatic heterocycles. The normalized spacial score (nSPS) is 24.1. The Hall–Kier alpha value is -1.45. The van der Waals surface area contributed by atoms with Crippen LogP contribution in [0, 0.1) is 12.8 Å². The van der Waals surface area contributed by atoms with E-state index in [2.05, 4.69) is 9.97 Å². The first kappa shape index (κ1) is 12.6. The first-order chi connectivity index (χ1) is 9.25. The summed E-state index contributed by atoms with van der Waals surface area (Å²) < 4.78 is 0. The largest absolute Gasteiger partial charge is 0.332 e. The molecule has 0 N–H and O–H groups in total. The summed E-state index contributed by atoms with van der Waals surface area (Å²) in [6.45, 7) is 2.85. The predicted molar refractivity (Wildman–Crippen MR) is 72.4 cm³/mol. The van der Waals surface area contributed by atoms with Crippen molar-refractivity contribution in [3.05, 3.63) is 23.8 Å². The average molecular weight is 259 g/mol. The number of rotatable bonds is 2. The van der Waals surface area contributed by atoms with Crippen LogP contribution in [0.1, 0.15) is 56.1 Å². The highest BCUT2D eigenvalue weighted by molar-refractivity contribution is 5.80. The molecule has 1 saturated heterocycles. The second kappa shape index (κ2) is 5.27. The lowest BCUT2D eigenvalue weighted by Crippen LogP contribution is -2.44. The standard InChI is InChI=1S/C15H21N3O/c1-11-8-9-16-14(17-11)13-7-2-3-10-18(13)15(19)12-5-4-6-12/h8-9,12-13H,2-7,10H2,1H3. The lowest BCUT2D eigenvalue weighted by Gasteiger charge is -2.39. The topological polar surface area (TPSA) is 46.1 Å². The summed E-state index contributed by atoms with van der Waals surface area (Å²) in [5, 5.41) is 0. The SMILES string of the molecule is Cc1ccnc(C2CCCCN2C(=O)C2CCC2)n1. The predicted octanol–water partition coefficient (Wildman–Crippen LogP) is 2.64. The van der Waals surface area contributed by atoms with Gasteiger partial charge in [-0.3, -0.25) is 4.79 Å². The van der Waals surface area contributed by atoms with Crippen molar-refractivity contribution in [2.45, 2.75) is 51.5 Å². The Morgan fingerprint density at radius 1 is 1.26 bits per heavy atom. The van der Waals surface area contributed by atoms with Crippen molar-refractivity contribution < 1.29 is 4.79 Å². The zero-order chi connectivity index (χ0) is 13.2. The monoisotopic (exact) mass is 259 g/mol. The van der Waals surface area contributed by atoms with Crippen LogP contribution < -0.4 is 0 Å². The second-order valence-electron chi connectivity index (χ2n) is 5.73. The number of hydrogen-bond donors (Lipinski definition) is 0. The van der Waals surface area contributed by atoms with Crippen LogP contribution in [0.5, 0.6) is 0 Å². The summed E-state index contributed by atoms with van der Waals surface area (Å²) in [5.41, 5.74) is 0.978. The molecular formula is C15H21N3O. The third-order valence-electron chi connectivity index (χ3n) is 4.35. The molecule has 2 aliphatic rings. The third kappa shape index (κ3) is 2.48. The van der Waals surface area contributed by atoms with Crippen LogP contribution in [-0.4, -0.2) is 27.3 Å². The van der Waals surface area contributed by atoms with Gasteiger partial charge in [0, 0.05) is 24.4 Å².